The van der Waals surface area contributed by atoms with Crippen LogP contribution >= 0.6 is 31.9 Å². The lowest BCUT2D eigenvalue weighted by molar-refractivity contribution is 1.09. The molecule has 1 heterocycles. The number of aromatic nitrogens is 1. The molecule has 0 radical (unpaired) electrons. The van der Waals surface area contributed by atoms with Gasteiger partial charge >= 0.3 is 0 Å². The monoisotopic (exact) mass is 263 g/mol. The third kappa shape index (κ3) is 1.58. The zero-order valence-corrected chi connectivity index (χ0v) is 8.95. The van der Waals surface area contributed by atoms with Crippen molar-refractivity contribution in [2.24, 2.45) is 0 Å². The fraction of sp³-hybridized carbons (Fsp3) is 0.286. The summed E-state index contributed by atoms with van der Waals surface area (Å²) in [5.74, 6) is 0. The van der Waals surface area contributed by atoms with Gasteiger partial charge in [0.2, 0.25) is 0 Å². The van der Waals surface area contributed by atoms with Crippen molar-refractivity contribution in [3.8, 4) is 0 Å². The minimum absolute atomic E-state index is 1.03. The van der Waals surface area contributed by atoms with Crippen molar-refractivity contribution < 1.29 is 0 Å². The van der Waals surface area contributed by atoms with E-state index in [1.807, 2.05) is 19.9 Å². The summed E-state index contributed by atoms with van der Waals surface area (Å²) in [4.78, 5) is 4.28. The average Bonchev–Trinajstić information content (AvgIpc) is 1.84. The third-order valence-electron chi connectivity index (χ3n) is 1.28. The van der Waals surface area contributed by atoms with E-state index in [1.54, 1.807) is 0 Å². The second-order valence-corrected chi connectivity index (χ2v) is 3.83. The van der Waals surface area contributed by atoms with Crippen LogP contribution in [0.1, 0.15) is 11.4 Å². The van der Waals surface area contributed by atoms with Crippen LogP contribution in [0.15, 0.2) is 15.0 Å². The molecule has 0 saturated carbocycles. The summed E-state index contributed by atoms with van der Waals surface area (Å²) in [6.45, 7) is 3.95. The summed E-state index contributed by atoms with van der Waals surface area (Å²) in [6, 6.07) is 2.01. The topological polar surface area (TPSA) is 12.9 Å². The fourth-order valence-corrected chi connectivity index (χ4v) is 1.62. The summed E-state index contributed by atoms with van der Waals surface area (Å²) in [7, 11) is 0. The van der Waals surface area contributed by atoms with E-state index in [0.717, 1.165) is 20.3 Å². The first kappa shape index (κ1) is 8.21. The zero-order chi connectivity index (χ0) is 7.72. The largest absolute Gasteiger partial charge is 0.256 e. The summed E-state index contributed by atoms with van der Waals surface area (Å²) >= 11 is 6.78. The molecule has 0 bridgehead atoms. The highest BCUT2D eigenvalue weighted by molar-refractivity contribution is 9.11. The highest BCUT2D eigenvalue weighted by atomic mass is 79.9. The standard InChI is InChI=1S/C7H7Br2N/c1-4-6(8)3-7(9)5(2)10-4/h3H,1-2H3. The van der Waals surface area contributed by atoms with Gasteiger partial charge in [0.15, 0.2) is 0 Å². The van der Waals surface area contributed by atoms with Crippen LogP contribution in [0.3, 0.4) is 0 Å². The van der Waals surface area contributed by atoms with E-state index >= 15 is 0 Å². The van der Waals surface area contributed by atoms with Crippen molar-refractivity contribution in [3.63, 3.8) is 0 Å². The molecule has 0 aliphatic heterocycles. The molecule has 0 aromatic carbocycles. The Morgan fingerprint density at radius 3 is 1.80 bits per heavy atom. The fourth-order valence-electron chi connectivity index (χ4n) is 0.679. The van der Waals surface area contributed by atoms with Crippen LogP contribution in [0.5, 0.6) is 0 Å². The highest BCUT2D eigenvalue weighted by Crippen LogP contribution is 2.21. The zero-order valence-electron chi connectivity index (χ0n) is 5.78. The Hall–Kier alpha value is 0.110. The van der Waals surface area contributed by atoms with Gasteiger partial charge in [-0.05, 0) is 51.8 Å². The van der Waals surface area contributed by atoms with Gasteiger partial charge in [-0.25, -0.2) is 0 Å². The lowest BCUT2D eigenvalue weighted by Crippen LogP contribution is -1.87. The number of halogens is 2. The van der Waals surface area contributed by atoms with Crippen LogP contribution in [-0.2, 0) is 0 Å². The van der Waals surface area contributed by atoms with Crippen molar-refractivity contribution in [2.75, 3.05) is 0 Å². The van der Waals surface area contributed by atoms with Crippen molar-refractivity contribution in [2.45, 2.75) is 13.8 Å². The summed E-state index contributed by atoms with van der Waals surface area (Å²) < 4.78 is 2.09. The van der Waals surface area contributed by atoms with Gasteiger partial charge in [-0.1, -0.05) is 0 Å². The smallest absolute Gasteiger partial charge is 0.0518 e. The summed E-state index contributed by atoms with van der Waals surface area (Å²) in [6.07, 6.45) is 0. The van der Waals surface area contributed by atoms with E-state index in [2.05, 4.69) is 36.8 Å². The van der Waals surface area contributed by atoms with Gasteiger partial charge in [0.25, 0.3) is 0 Å². The Bertz CT molecular complexity index is 208. The maximum atomic E-state index is 4.28. The van der Waals surface area contributed by atoms with Gasteiger partial charge in [0.05, 0.1) is 11.4 Å². The Labute approximate surface area is 77.1 Å². The maximum absolute atomic E-state index is 4.28. The number of pyridine rings is 1. The van der Waals surface area contributed by atoms with Gasteiger partial charge in [-0.15, -0.1) is 0 Å². The SMILES string of the molecule is Cc1nc(C)c(Br)cc1Br. The molecule has 1 aromatic heterocycles. The Kier molecular flexibility index (Phi) is 2.47. The molecule has 0 fully saturated rings. The van der Waals surface area contributed by atoms with Gasteiger partial charge in [0, 0.05) is 8.95 Å². The van der Waals surface area contributed by atoms with Gasteiger partial charge in [-0.3, -0.25) is 4.98 Å². The lowest BCUT2D eigenvalue weighted by atomic mass is 10.3. The first-order chi connectivity index (χ1) is 4.61. The molecule has 0 amide bonds. The lowest BCUT2D eigenvalue weighted by Gasteiger charge is -2.00. The van der Waals surface area contributed by atoms with Crippen LogP contribution in [0.2, 0.25) is 0 Å². The van der Waals surface area contributed by atoms with E-state index in [-0.39, 0.29) is 0 Å². The van der Waals surface area contributed by atoms with Crippen LogP contribution < -0.4 is 0 Å². The van der Waals surface area contributed by atoms with Crippen LogP contribution in [0.25, 0.3) is 0 Å². The van der Waals surface area contributed by atoms with Crippen LogP contribution in [-0.4, -0.2) is 4.98 Å². The van der Waals surface area contributed by atoms with Crippen molar-refractivity contribution in [1.29, 1.82) is 0 Å². The van der Waals surface area contributed by atoms with Gasteiger partial charge in [0.1, 0.15) is 0 Å². The number of hydrogen-bond acceptors (Lipinski definition) is 1. The molecule has 1 nitrogen and oxygen atoms in total. The predicted octanol–water partition coefficient (Wildman–Crippen LogP) is 3.22. The van der Waals surface area contributed by atoms with E-state index in [9.17, 15) is 0 Å². The molecular formula is C7H7Br2N. The number of aryl methyl sites for hydroxylation is 2. The predicted molar refractivity (Wildman–Crippen MR) is 49.1 cm³/mol. The number of hydrogen-bond donors (Lipinski definition) is 0. The molecule has 0 aliphatic rings. The minimum atomic E-state index is 1.03. The second kappa shape index (κ2) is 3.01. The van der Waals surface area contributed by atoms with Crippen LogP contribution in [0.4, 0.5) is 0 Å². The van der Waals surface area contributed by atoms with E-state index in [1.165, 1.54) is 0 Å². The second-order valence-electron chi connectivity index (χ2n) is 2.12. The highest BCUT2D eigenvalue weighted by Gasteiger charge is 1.99. The molecule has 1 aromatic rings. The average molecular weight is 265 g/mol. The molecule has 0 N–H and O–H groups in total. The normalized spacial score (nSPS) is 10.0. The number of rotatable bonds is 0. The first-order valence-corrected chi connectivity index (χ1v) is 4.49. The van der Waals surface area contributed by atoms with E-state index < -0.39 is 0 Å². The molecule has 0 atom stereocenters. The molecule has 54 valence electrons. The molecule has 0 aliphatic carbocycles. The molecule has 10 heavy (non-hydrogen) atoms. The third-order valence-corrected chi connectivity index (χ3v) is 2.89. The van der Waals surface area contributed by atoms with Gasteiger partial charge in [-0.2, -0.15) is 0 Å². The summed E-state index contributed by atoms with van der Waals surface area (Å²) in [5, 5.41) is 0. The molecule has 1 rings (SSSR count). The molecule has 0 saturated heterocycles. The van der Waals surface area contributed by atoms with Crippen molar-refractivity contribution in [3.05, 3.63) is 26.4 Å². The summed E-state index contributed by atoms with van der Waals surface area (Å²) in [5.41, 5.74) is 2.06. The van der Waals surface area contributed by atoms with Crippen LogP contribution in [0, 0.1) is 13.8 Å². The molecule has 0 unspecified atom stereocenters. The molecular weight excluding hydrogens is 258 g/mol. The van der Waals surface area contributed by atoms with E-state index in [0.29, 0.717) is 0 Å². The Morgan fingerprint density at radius 2 is 1.50 bits per heavy atom. The Balaban J connectivity index is 3.28. The van der Waals surface area contributed by atoms with E-state index in [4.69, 9.17) is 0 Å². The Morgan fingerprint density at radius 1 is 1.10 bits per heavy atom. The first-order valence-electron chi connectivity index (χ1n) is 2.90. The number of nitrogens with zero attached hydrogens (tertiary/aromatic N) is 1. The van der Waals surface area contributed by atoms with Crippen molar-refractivity contribution in [1.82, 2.24) is 4.98 Å². The van der Waals surface area contributed by atoms with Crippen molar-refractivity contribution >= 4 is 31.9 Å². The minimum Gasteiger partial charge on any atom is -0.256 e. The molecule has 3 heteroatoms. The quantitative estimate of drug-likeness (QED) is 0.701. The maximum Gasteiger partial charge on any atom is 0.0518 e. The van der Waals surface area contributed by atoms with Gasteiger partial charge < -0.3 is 0 Å². The molecule has 0 spiro atoms.